The number of aryl methyl sites for hydroxylation is 1. The molecule has 0 amide bonds. The molecule has 1 unspecified atom stereocenters. The van der Waals surface area contributed by atoms with E-state index in [0.29, 0.717) is 18.2 Å². The fraction of sp³-hybridized carbons (Fsp3) is 0.714. The van der Waals surface area contributed by atoms with Crippen LogP contribution in [0.5, 0.6) is 0 Å². The lowest BCUT2D eigenvalue weighted by Gasteiger charge is -2.27. The second-order valence-electron chi connectivity index (χ2n) is 5.56. The molecule has 0 radical (unpaired) electrons. The van der Waals surface area contributed by atoms with Crippen molar-refractivity contribution in [3.63, 3.8) is 0 Å². The van der Waals surface area contributed by atoms with E-state index in [1.54, 1.807) is 11.7 Å². The number of hydrogen-bond donors (Lipinski definition) is 1. The van der Waals surface area contributed by atoms with E-state index in [4.69, 9.17) is 0 Å². The lowest BCUT2D eigenvalue weighted by Crippen LogP contribution is -2.38. The van der Waals surface area contributed by atoms with Gasteiger partial charge in [0.05, 0.1) is 11.9 Å². The van der Waals surface area contributed by atoms with E-state index in [1.165, 1.54) is 25.6 Å². The maximum atomic E-state index is 11.2. The second-order valence-corrected chi connectivity index (χ2v) is 5.56. The summed E-state index contributed by atoms with van der Waals surface area (Å²) in [5, 5.41) is 13.2. The van der Waals surface area contributed by atoms with E-state index >= 15 is 0 Å². The first-order valence-electron chi connectivity index (χ1n) is 7.19. The van der Waals surface area contributed by atoms with Crippen molar-refractivity contribution in [2.45, 2.75) is 32.4 Å². The minimum Gasteiger partial charge on any atom is -0.478 e. The number of carboxylic acids is 1. The minimum absolute atomic E-state index is 0.304. The van der Waals surface area contributed by atoms with Gasteiger partial charge < -0.3 is 5.11 Å². The van der Waals surface area contributed by atoms with Gasteiger partial charge in [0.2, 0.25) is 0 Å². The first-order chi connectivity index (χ1) is 9.52. The molecule has 0 saturated carbocycles. The van der Waals surface area contributed by atoms with Crippen molar-refractivity contribution < 1.29 is 9.90 Å². The number of carboxylic acid groups (broad SMARTS) is 1. The van der Waals surface area contributed by atoms with Crippen LogP contribution in [0.4, 0.5) is 0 Å². The normalized spacial score (nSPS) is 19.9. The van der Waals surface area contributed by atoms with Crippen LogP contribution < -0.4 is 0 Å². The van der Waals surface area contributed by atoms with Crippen molar-refractivity contribution in [2.75, 3.05) is 26.7 Å². The van der Waals surface area contributed by atoms with Crippen molar-refractivity contribution in [2.24, 2.45) is 7.05 Å². The first-order valence-corrected chi connectivity index (χ1v) is 7.19. The Kier molecular flexibility index (Phi) is 4.77. The Morgan fingerprint density at radius 2 is 2.35 bits per heavy atom. The zero-order valence-corrected chi connectivity index (χ0v) is 12.5. The maximum Gasteiger partial charge on any atom is 0.339 e. The zero-order chi connectivity index (χ0) is 14.7. The molecule has 0 spiro atoms. The summed E-state index contributed by atoms with van der Waals surface area (Å²) in [5.41, 5.74) is 1.07. The molecule has 1 aliphatic heterocycles. The summed E-state index contributed by atoms with van der Waals surface area (Å²) in [5.74, 6) is -0.905. The number of aromatic carboxylic acids is 1. The largest absolute Gasteiger partial charge is 0.478 e. The summed E-state index contributed by atoms with van der Waals surface area (Å²) >= 11 is 0. The summed E-state index contributed by atoms with van der Waals surface area (Å²) in [7, 11) is 3.84. The van der Waals surface area contributed by atoms with Gasteiger partial charge in [-0.3, -0.25) is 14.5 Å². The standard InChI is InChI=1S/C14H24N4O2/c1-4-18-7-5-6-11(18)9-16(2)10-13-12(14(19)20)8-15-17(13)3/h8,11H,4-7,9-10H2,1-3H3,(H,19,20). The number of carbonyl (C=O) groups is 1. The highest BCUT2D eigenvalue weighted by Crippen LogP contribution is 2.18. The summed E-state index contributed by atoms with van der Waals surface area (Å²) in [4.78, 5) is 15.9. The van der Waals surface area contributed by atoms with Gasteiger partial charge in [0, 0.05) is 26.2 Å². The third-order valence-corrected chi connectivity index (χ3v) is 4.14. The molecule has 0 bridgehead atoms. The van der Waals surface area contributed by atoms with Crippen LogP contribution in [-0.4, -0.2) is 63.4 Å². The fourth-order valence-corrected chi connectivity index (χ4v) is 3.03. The van der Waals surface area contributed by atoms with E-state index < -0.39 is 5.97 Å². The number of rotatable bonds is 6. The van der Waals surface area contributed by atoms with Gasteiger partial charge in [-0.1, -0.05) is 6.92 Å². The lowest BCUT2D eigenvalue weighted by atomic mass is 10.2. The molecule has 6 heteroatoms. The highest BCUT2D eigenvalue weighted by atomic mass is 16.4. The topological polar surface area (TPSA) is 61.6 Å². The summed E-state index contributed by atoms with van der Waals surface area (Å²) < 4.78 is 1.66. The third kappa shape index (κ3) is 3.19. The molecule has 2 heterocycles. The molecule has 1 aromatic rings. The zero-order valence-electron chi connectivity index (χ0n) is 12.5. The number of aromatic nitrogens is 2. The molecule has 1 saturated heterocycles. The highest BCUT2D eigenvalue weighted by molar-refractivity contribution is 5.88. The third-order valence-electron chi connectivity index (χ3n) is 4.14. The summed E-state index contributed by atoms with van der Waals surface area (Å²) in [6.07, 6.45) is 3.92. The van der Waals surface area contributed by atoms with Gasteiger partial charge in [-0.05, 0) is 33.0 Å². The van der Waals surface area contributed by atoms with Crippen molar-refractivity contribution >= 4 is 5.97 Å². The van der Waals surface area contributed by atoms with Crippen molar-refractivity contribution in [3.05, 3.63) is 17.5 Å². The smallest absolute Gasteiger partial charge is 0.339 e. The maximum absolute atomic E-state index is 11.2. The number of likely N-dealkylation sites (tertiary alicyclic amines) is 1. The molecule has 112 valence electrons. The molecule has 2 rings (SSSR count). The lowest BCUT2D eigenvalue weighted by molar-refractivity contribution is 0.0694. The van der Waals surface area contributed by atoms with Crippen molar-refractivity contribution in [3.8, 4) is 0 Å². The molecular weight excluding hydrogens is 256 g/mol. The van der Waals surface area contributed by atoms with Crippen LogP contribution >= 0.6 is 0 Å². The van der Waals surface area contributed by atoms with Crippen LogP contribution in [-0.2, 0) is 13.6 Å². The van der Waals surface area contributed by atoms with Gasteiger partial charge in [-0.2, -0.15) is 5.10 Å². The molecule has 1 aromatic heterocycles. The average molecular weight is 280 g/mol. The Morgan fingerprint density at radius 3 is 3.00 bits per heavy atom. The summed E-state index contributed by atoms with van der Waals surface area (Å²) in [6.45, 7) is 6.05. The molecule has 1 atom stereocenters. The average Bonchev–Trinajstić information content (AvgIpc) is 2.97. The predicted molar refractivity (Wildman–Crippen MR) is 76.8 cm³/mol. The molecule has 1 N–H and O–H groups in total. The summed E-state index contributed by atoms with van der Waals surface area (Å²) in [6, 6.07) is 0.589. The van der Waals surface area contributed by atoms with Gasteiger partial charge in [-0.25, -0.2) is 4.79 Å². The van der Waals surface area contributed by atoms with Gasteiger partial charge in [0.25, 0.3) is 0 Å². The van der Waals surface area contributed by atoms with Crippen molar-refractivity contribution in [1.82, 2.24) is 19.6 Å². The second kappa shape index (κ2) is 6.37. The van der Waals surface area contributed by atoms with Crippen LogP contribution in [0.15, 0.2) is 6.20 Å². The Balaban J connectivity index is 1.99. The number of likely N-dealkylation sites (N-methyl/N-ethyl adjacent to an activating group) is 2. The van der Waals surface area contributed by atoms with Crippen LogP contribution in [0.1, 0.15) is 35.8 Å². The van der Waals surface area contributed by atoms with Crippen LogP contribution in [0.3, 0.4) is 0 Å². The van der Waals surface area contributed by atoms with Crippen LogP contribution in [0.25, 0.3) is 0 Å². The highest BCUT2D eigenvalue weighted by Gasteiger charge is 2.25. The number of nitrogens with zero attached hydrogens (tertiary/aromatic N) is 4. The first kappa shape index (κ1) is 15.0. The quantitative estimate of drug-likeness (QED) is 0.843. The Morgan fingerprint density at radius 1 is 1.60 bits per heavy atom. The predicted octanol–water partition coefficient (Wildman–Crippen LogP) is 1.03. The molecule has 0 aromatic carbocycles. The molecule has 1 fully saturated rings. The SMILES string of the molecule is CCN1CCCC1CN(C)Cc1c(C(=O)O)cnn1C. The Labute approximate surface area is 120 Å². The van der Waals surface area contributed by atoms with Crippen LogP contribution in [0.2, 0.25) is 0 Å². The molecule has 20 heavy (non-hydrogen) atoms. The van der Waals surface area contributed by atoms with Gasteiger partial charge >= 0.3 is 5.97 Å². The van der Waals surface area contributed by atoms with E-state index in [9.17, 15) is 9.90 Å². The Bertz CT molecular complexity index is 472. The van der Waals surface area contributed by atoms with E-state index in [2.05, 4.69) is 21.8 Å². The van der Waals surface area contributed by atoms with Gasteiger partial charge in [0.15, 0.2) is 0 Å². The van der Waals surface area contributed by atoms with E-state index in [0.717, 1.165) is 18.8 Å². The monoisotopic (exact) mass is 280 g/mol. The Hall–Kier alpha value is -1.40. The van der Waals surface area contributed by atoms with Gasteiger partial charge in [0.1, 0.15) is 5.56 Å². The van der Waals surface area contributed by atoms with Crippen molar-refractivity contribution in [1.29, 1.82) is 0 Å². The molecule has 6 nitrogen and oxygen atoms in total. The molecule has 0 aliphatic carbocycles. The van der Waals surface area contributed by atoms with Gasteiger partial charge in [-0.15, -0.1) is 0 Å². The van der Waals surface area contributed by atoms with E-state index in [-0.39, 0.29) is 0 Å². The minimum atomic E-state index is -0.905. The molecule has 1 aliphatic rings. The van der Waals surface area contributed by atoms with E-state index in [1.807, 2.05) is 7.05 Å². The fourth-order valence-electron chi connectivity index (χ4n) is 3.03. The van der Waals surface area contributed by atoms with Crippen LogP contribution in [0, 0.1) is 0 Å². The molecular formula is C14H24N4O2. The number of hydrogen-bond acceptors (Lipinski definition) is 4.